The number of nitrogens with one attached hydrogen (secondary N) is 1. The Morgan fingerprint density at radius 2 is 1.86 bits per heavy atom. The van der Waals surface area contributed by atoms with Crippen molar-refractivity contribution in [2.45, 2.75) is 12.5 Å². The second-order valence-electron chi connectivity index (χ2n) is 6.85. The molecule has 4 rings (SSSR count). The van der Waals surface area contributed by atoms with Gasteiger partial charge in [0.2, 0.25) is 5.91 Å². The molecule has 1 fully saturated rings. The molecule has 0 spiro atoms. The summed E-state index contributed by atoms with van der Waals surface area (Å²) >= 11 is 1.43. The molecule has 0 aliphatic carbocycles. The molecule has 6 heteroatoms. The molecule has 2 aromatic heterocycles. The number of likely N-dealkylation sites (tertiary alicyclic amines) is 1. The van der Waals surface area contributed by atoms with Gasteiger partial charge >= 0.3 is 0 Å². The van der Waals surface area contributed by atoms with E-state index in [1.54, 1.807) is 11.1 Å². The highest BCUT2D eigenvalue weighted by Gasteiger charge is 2.40. The molecule has 1 aliphatic heterocycles. The van der Waals surface area contributed by atoms with Crippen molar-refractivity contribution in [3.63, 3.8) is 0 Å². The van der Waals surface area contributed by atoms with Gasteiger partial charge in [0, 0.05) is 25.2 Å². The molecule has 3 aromatic rings. The maximum Gasteiger partial charge on any atom is 0.263 e. The Balaban J connectivity index is 1.52. The summed E-state index contributed by atoms with van der Waals surface area (Å²) in [6.45, 7) is 1.35. The van der Waals surface area contributed by atoms with Crippen LogP contribution in [0.15, 0.2) is 72.2 Å². The Labute approximate surface area is 168 Å². The third-order valence-electron chi connectivity index (χ3n) is 5.07. The van der Waals surface area contributed by atoms with Gasteiger partial charge in [-0.1, -0.05) is 42.5 Å². The van der Waals surface area contributed by atoms with E-state index < -0.39 is 0 Å². The zero-order valence-corrected chi connectivity index (χ0v) is 16.1. The summed E-state index contributed by atoms with van der Waals surface area (Å²) in [6, 6.07) is 19.3. The van der Waals surface area contributed by atoms with E-state index in [1.165, 1.54) is 11.3 Å². The van der Waals surface area contributed by atoms with E-state index >= 15 is 0 Å². The lowest BCUT2D eigenvalue weighted by atomic mass is 9.88. The fourth-order valence-electron chi connectivity index (χ4n) is 3.64. The van der Waals surface area contributed by atoms with Crippen molar-refractivity contribution < 1.29 is 9.59 Å². The molecule has 3 heterocycles. The lowest BCUT2D eigenvalue weighted by Gasteiger charge is -2.18. The summed E-state index contributed by atoms with van der Waals surface area (Å²) in [5.74, 6) is -0.346. The number of aromatic nitrogens is 1. The van der Waals surface area contributed by atoms with Crippen LogP contribution in [0.2, 0.25) is 0 Å². The lowest BCUT2D eigenvalue weighted by molar-refractivity contribution is -0.125. The molecule has 1 aliphatic rings. The van der Waals surface area contributed by atoms with Crippen LogP contribution >= 0.6 is 11.3 Å². The van der Waals surface area contributed by atoms with E-state index in [-0.39, 0.29) is 23.7 Å². The van der Waals surface area contributed by atoms with Gasteiger partial charge in [-0.3, -0.25) is 14.6 Å². The predicted molar refractivity (Wildman–Crippen MR) is 109 cm³/mol. The number of carbonyl (C=O) groups excluding carboxylic acids is 2. The Bertz CT molecular complexity index is 929. The Kier molecular flexibility index (Phi) is 5.48. The summed E-state index contributed by atoms with van der Waals surface area (Å²) in [6.07, 6.45) is 1.71. The van der Waals surface area contributed by atoms with Crippen LogP contribution in [0.5, 0.6) is 0 Å². The zero-order valence-electron chi connectivity index (χ0n) is 15.3. The molecule has 1 saturated heterocycles. The molecular formula is C22H21N3O2S. The molecule has 0 radical (unpaired) electrons. The van der Waals surface area contributed by atoms with Crippen molar-refractivity contribution in [3.8, 4) is 0 Å². The van der Waals surface area contributed by atoms with Gasteiger partial charge in [-0.15, -0.1) is 11.3 Å². The van der Waals surface area contributed by atoms with Gasteiger partial charge in [0.1, 0.15) is 0 Å². The third kappa shape index (κ3) is 3.97. The van der Waals surface area contributed by atoms with Gasteiger partial charge in [0.15, 0.2) is 0 Å². The molecule has 1 aromatic carbocycles. The van der Waals surface area contributed by atoms with Crippen molar-refractivity contribution >= 4 is 23.2 Å². The molecule has 5 nitrogen and oxygen atoms in total. The Morgan fingerprint density at radius 1 is 1.04 bits per heavy atom. The van der Waals surface area contributed by atoms with E-state index in [9.17, 15) is 9.59 Å². The monoisotopic (exact) mass is 391 g/mol. The Hall–Kier alpha value is -2.99. The summed E-state index contributed by atoms with van der Waals surface area (Å²) in [4.78, 5) is 32.6. The SMILES string of the molecule is O=C(NCc1ccccn1)[C@H]1CN(C(=O)c2cccs2)C[C@H]1c1ccccc1. The second kappa shape index (κ2) is 8.35. The minimum atomic E-state index is -0.282. The number of nitrogens with zero attached hydrogens (tertiary/aromatic N) is 2. The zero-order chi connectivity index (χ0) is 19.3. The topological polar surface area (TPSA) is 62.3 Å². The fourth-order valence-corrected chi connectivity index (χ4v) is 4.33. The van der Waals surface area contributed by atoms with Gasteiger partial charge in [0.25, 0.3) is 5.91 Å². The van der Waals surface area contributed by atoms with Crippen molar-refractivity contribution in [1.82, 2.24) is 15.2 Å². The standard InChI is InChI=1S/C22H21N3O2S/c26-21(24-13-17-9-4-5-11-23-17)19-15-25(22(27)20-10-6-12-28-20)14-18(19)16-7-2-1-3-8-16/h1-12,18-19H,13-15H2,(H,24,26)/t18-,19-/m0/s1. The molecular weight excluding hydrogens is 370 g/mol. The summed E-state index contributed by atoms with van der Waals surface area (Å²) in [5.41, 5.74) is 1.90. The van der Waals surface area contributed by atoms with Crippen molar-refractivity contribution in [2.75, 3.05) is 13.1 Å². The van der Waals surface area contributed by atoms with Crippen LogP contribution in [0.1, 0.15) is 26.8 Å². The number of amides is 2. The summed E-state index contributed by atoms with van der Waals surface area (Å²) in [5, 5.41) is 4.90. The van der Waals surface area contributed by atoms with Crippen LogP contribution in [0.25, 0.3) is 0 Å². The fraction of sp³-hybridized carbons (Fsp3) is 0.227. The highest BCUT2D eigenvalue weighted by atomic mass is 32.1. The van der Waals surface area contributed by atoms with Crippen LogP contribution in [0.4, 0.5) is 0 Å². The molecule has 0 unspecified atom stereocenters. The molecule has 28 heavy (non-hydrogen) atoms. The average Bonchev–Trinajstić information content (AvgIpc) is 3.43. The maximum absolute atomic E-state index is 13.0. The number of benzene rings is 1. The highest BCUT2D eigenvalue weighted by Crippen LogP contribution is 2.34. The first-order valence-electron chi connectivity index (χ1n) is 9.27. The van der Waals surface area contributed by atoms with Crippen LogP contribution in [0, 0.1) is 5.92 Å². The van der Waals surface area contributed by atoms with Gasteiger partial charge in [0.05, 0.1) is 23.0 Å². The van der Waals surface area contributed by atoms with Crippen molar-refractivity contribution in [1.29, 1.82) is 0 Å². The first-order valence-corrected chi connectivity index (χ1v) is 10.2. The maximum atomic E-state index is 13.0. The van der Waals surface area contributed by atoms with Crippen LogP contribution in [-0.4, -0.2) is 34.8 Å². The molecule has 2 amide bonds. The quantitative estimate of drug-likeness (QED) is 0.726. The van der Waals surface area contributed by atoms with E-state index in [0.717, 1.165) is 11.3 Å². The number of hydrogen-bond acceptors (Lipinski definition) is 4. The van der Waals surface area contributed by atoms with E-state index in [1.807, 2.05) is 66.0 Å². The third-order valence-corrected chi connectivity index (χ3v) is 5.93. The number of thiophene rings is 1. The minimum absolute atomic E-state index is 0.00374. The Morgan fingerprint density at radius 3 is 2.57 bits per heavy atom. The molecule has 0 saturated carbocycles. The molecule has 1 N–H and O–H groups in total. The van der Waals surface area contributed by atoms with E-state index in [4.69, 9.17) is 0 Å². The number of carbonyl (C=O) groups is 2. The molecule has 142 valence electrons. The van der Waals surface area contributed by atoms with Gasteiger partial charge < -0.3 is 10.2 Å². The minimum Gasteiger partial charge on any atom is -0.350 e. The summed E-state index contributed by atoms with van der Waals surface area (Å²) < 4.78 is 0. The molecule has 0 bridgehead atoms. The van der Waals surface area contributed by atoms with E-state index in [2.05, 4.69) is 10.3 Å². The average molecular weight is 391 g/mol. The largest absolute Gasteiger partial charge is 0.350 e. The van der Waals surface area contributed by atoms with Gasteiger partial charge in [-0.25, -0.2) is 0 Å². The van der Waals surface area contributed by atoms with Crippen molar-refractivity contribution in [3.05, 3.63) is 88.4 Å². The van der Waals surface area contributed by atoms with Crippen molar-refractivity contribution in [2.24, 2.45) is 5.92 Å². The first-order chi connectivity index (χ1) is 13.7. The number of hydrogen-bond donors (Lipinski definition) is 1. The van der Waals surface area contributed by atoms with Crippen LogP contribution in [-0.2, 0) is 11.3 Å². The second-order valence-corrected chi connectivity index (χ2v) is 7.80. The highest BCUT2D eigenvalue weighted by molar-refractivity contribution is 7.12. The van der Waals surface area contributed by atoms with Gasteiger partial charge in [-0.2, -0.15) is 0 Å². The lowest BCUT2D eigenvalue weighted by Crippen LogP contribution is -2.35. The van der Waals surface area contributed by atoms with E-state index in [0.29, 0.717) is 24.5 Å². The van der Waals surface area contributed by atoms with Gasteiger partial charge in [-0.05, 0) is 29.1 Å². The normalized spacial score (nSPS) is 18.8. The number of rotatable bonds is 5. The summed E-state index contributed by atoms with van der Waals surface area (Å²) in [7, 11) is 0. The number of pyridine rings is 1. The molecule has 2 atom stereocenters. The predicted octanol–water partition coefficient (Wildman–Crippen LogP) is 3.32. The first kappa shape index (κ1) is 18.4. The smallest absolute Gasteiger partial charge is 0.263 e. The van der Waals surface area contributed by atoms with Crippen LogP contribution < -0.4 is 5.32 Å². The van der Waals surface area contributed by atoms with Crippen LogP contribution in [0.3, 0.4) is 0 Å².